The maximum Gasteiger partial charge on any atom is 0.220 e. The molecule has 5 heteroatoms. The summed E-state index contributed by atoms with van der Waals surface area (Å²) in [6.07, 6.45) is 3.59. The maximum atomic E-state index is 14.6. The summed E-state index contributed by atoms with van der Waals surface area (Å²) in [5.74, 6) is -0.337. The molecule has 0 bridgehead atoms. The molecule has 1 aromatic heterocycles. The Morgan fingerprint density at radius 2 is 2.00 bits per heavy atom. The highest BCUT2D eigenvalue weighted by Crippen LogP contribution is 2.25. The van der Waals surface area contributed by atoms with Crippen LogP contribution in [-0.4, -0.2) is 10.8 Å². The third-order valence-corrected chi connectivity index (χ3v) is 4.64. The molecule has 25 heavy (non-hydrogen) atoms. The van der Waals surface area contributed by atoms with Crippen LogP contribution in [0.1, 0.15) is 30.9 Å². The standard InChI is InChI=1S/C20H17BrFNO2/c1-12(2)17(24)11-14-7-9-16-20(19(14)22)25-18(23-16)10-8-13-5-3-4-6-15(13)21/h3-10,12H,11H2,1-2H3/b10-8+. The fourth-order valence-corrected chi connectivity index (χ4v) is 2.81. The molecule has 0 amide bonds. The third kappa shape index (κ3) is 3.87. The summed E-state index contributed by atoms with van der Waals surface area (Å²) in [7, 11) is 0. The molecule has 0 saturated carbocycles. The van der Waals surface area contributed by atoms with E-state index in [1.165, 1.54) is 0 Å². The number of fused-ring (bicyclic) bond motifs is 1. The monoisotopic (exact) mass is 401 g/mol. The summed E-state index contributed by atoms with van der Waals surface area (Å²) in [5.41, 5.74) is 1.82. The summed E-state index contributed by atoms with van der Waals surface area (Å²) in [4.78, 5) is 16.1. The molecule has 3 nitrogen and oxygen atoms in total. The van der Waals surface area contributed by atoms with Gasteiger partial charge in [0.2, 0.25) is 5.89 Å². The van der Waals surface area contributed by atoms with Crippen LogP contribution >= 0.6 is 15.9 Å². The molecular formula is C20H17BrFNO2. The van der Waals surface area contributed by atoms with Gasteiger partial charge in [-0.15, -0.1) is 0 Å². The van der Waals surface area contributed by atoms with Gasteiger partial charge in [0.15, 0.2) is 11.4 Å². The molecule has 0 spiro atoms. The van der Waals surface area contributed by atoms with Crippen LogP contribution in [0.3, 0.4) is 0 Å². The zero-order valence-corrected chi connectivity index (χ0v) is 15.5. The lowest BCUT2D eigenvalue weighted by Gasteiger charge is -2.05. The number of benzene rings is 2. The Kier molecular flexibility index (Phi) is 5.13. The average Bonchev–Trinajstić information content (AvgIpc) is 3.00. The first kappa shape index (κ1) is 17.5. The molecule has 0 atom stereocenters. The van der Waals surface area contributed by atoms with Crippen LogP contribution in [-0.2, 0) is 11.2 Å². The molecule has 128 valence electrons. The number of rotatable bonds is 5. The minimum atomic E-state index is -0.514. The van der Waals surface area contributed by atoms with E-state index in [0.717, 1.165) is 10.0 Å². The van der Waals surface area contributed by atoms with E-state index in [-0.39, 0.29) is 23.7 Å². The molecule has 0 aliphatic rings. The smallest absolute Gasteiger partial charge is 0.220 e. The molecule has 0 radical (unpaired) electrons. The molecule has 1 heterocycles. The molecule has 3 aromatic rings. The van der Waals surface area contributed by atoms with Crippen molar-refractivity contribution in [1.82, 2.24) is 4.98 Å². The topological polar surface area (TPSA) is 43.1 Å². The number of oxazole rings is 1. The molecule has 0 aliphatic carbocycles. The highest BCUT2D eigenvalue weighted by atomic mass is 79.9. The van der Waals surface area contributed by atoms with Crippen LogP contribution in [0.4, 0.5) is 4.39 Å². The number of Topliss-reactive ketones (excluding diaryl/α,β-unsaturated/α-hetero) is 1. The third-order valence-electron chi connectivity index (χ3n) is 3.91. The number of nitrogens with zero attached hydrogens (tertiary/aromatic N) is 1. The summed E-state index contributed by atoms with van der Waals surface area (Å²) >= 11 is 3.47. The molecule has 0 N–H and O–H groups in total. The summed E-state index contributed by atoms with van der Waals surface area (Å²) < 4.78 is 21.1. The number of halogens is 2. The van der Waals surface area contributed by atoms with Crippen molar-refractivity contribution < 1.29 is 13.6 Å². The molecule has 0 aliphatic heterocycles. The van der Waals surface area contributed by atoms with Crippen molar-refractivity contribution >= 4 is 45.0 Å². The maximum absolute atomic E-state index is 14.6. The Labute approximate surface area is 153 Å². The van der Waals surface area contributed by atoms with Crippen molar-refractivity contribution in [2.45, 2.75) is 20.3 Å². The number of carbonyl (C=O) groups is 1. The van der Waals surface area contributed by atoms with Crippen molar-refractivity contribution in [3.05, 3.63) is 63.7 Å². The van der Waals surface area contributed by atoms with E-state index in [0.29, 0.717) is 17.0 Å². The van der Waals surface area contributed by atoms with E-state index in [1.54, 1.807) is 32.1 Å². The van der Waals surface area contributed by atoms with Gasteiger partial charge in [0.1, 0.15) is 11.3 Å². The highest BCUT2D eigenvalue weighted by molar-refractivity contribution is 9.10. The van der Waals surface area contributed by atoms with E-state index in [4.69, 9.17) is 4.42 Å². The van der Waals surface area contributed by atoms with Crippen molar-refractivity contribution in [2.24, 2.45) is 5.92 Å². The first-order chi connectivity index (χ1) is 12.0. The van der Waals surface area contributed by atoms with Crippen molar-refractivity contribution in [2.75, 3.05) is 0 Å². The van der Waals surface area contributed by atoms with Gasteiger partial charge in [-0.3, -0.25) is 4.79 Å². The second-order valence-electron chi connectivity index (χ2n) is 6.09. The number of hydrogen-bond donors (Lipinski definition) is 0. The molecule has 2 aromatic carbocycles. The predicted octanol–water partition coefficient (Wildman–Crippen LogP) is 5.67. The summed E-state index contributed by atoms with van der Waals surface area (Å²) in [6.45, 7) is 3.61. The Balaban J connectivity index is 1.91. The van der Waals surface area contributed by atoms with Gasteiger partial charge in [0, 0.05) is 22.9 Å². The second-order valence-corrected chi connectivity index (χ2v) is 6.95. The zero-order valence-electron chi connectivity index (χ0n) is 13.9. The second kappa shape index (κ2) is 7.31. The van der Waals surface area contributed by atoms with Gasteiger partial charge in [0.05, 0.1) is 0 Å². The molecule has 0 fully saturated rings. The van der Waals surface area contributed by atoms with Crippen molar-refractivity contribution in [1.29, 1.82) is 0 Å². The first-order valence-electron chi connectivity index (χ1n) is 7.99. The van der Waals surface area contributed by atoms with Gasteiger partial charge in [0.25, 0.3) is 0 Å². The Morgan fingerprint density at radius 1 is 1.24 bits per heavy atom. The van der Waals surface area contributed by atoms with Gasteiger partial charge >= 0.3 is 0 Å². The molecule has 3 rings (SSSR count). The molecular weight excluding hydrogens is 385 g/mol. The normalized spacial score (nSPS) is 11.7. The van der Waals surface area contributed by atoms with Crippen LogP contribution in [0, 0.1) is 11.7 Å². The minimum absolute atomic E-state index is 0.00758. The Morgan fingerprint density at radius 3 is 2.72 bits per heavy atom. The van der Waals surface area contributed by atoms with Crippen LogP contribution in [0.15, 0.2) is 45.3 Å². The van der Waals surface area contributed by atoms with E-state index < -0.39 is 5.82 Å². The van der Waals surface area contributed by atoms with Gasteiger partial charge in [-0.05, 0) is 29.3 Å². The fourth-order valence-electron chi connectivity index (χ4n) is 2.39. The van der Waals surface area contributed by atoms with Crippen LogP contribution in [0.2, 0.25) is 0 Å². The molecule has 0 unspecified atom stereocenters. The van der Waals surface area contributed by atoms with Gasteiger partial charge in [-0.2, -0.15) is 0 Å². The van der Waals surface area contributed by atoms with Gasteiger partial charge in [-0.25, -0.2) is 9.37 Å². The first-order valence-corrected chi connectivity index (χ1v) is 8.78. The average molecular weight is 402 g/mol. The number of hydrogen-bond acceptors (Lipinski definition) is 3. The number of carbonyl (C=O) groups excluding carboxylic acids is 1. The van der Waals surface area contributed by atoms with Gasteiger partial charge in [-0.1, -0.05) is 54.0 Å². The predicted molar refractivity (Wildman–Crippen MR) is 101 cm³/mol. The quantitative estimate of drug-likeness (QED) is 0.553. The van der Waals surface area contributed by atoms with E-state index in [2.05, 4.69) is 20.9 Å². The lowest BCUT2D eigenvalue weighted by atomic mass is 10.0. The summed E-state index contributed by atoms with van der Waals surface area (Å²) in [5, 5.41) is 0. The largest absolute Gasteiger partial charge is 0.434 e. The van der Waals surface area contributed by atoms with E-state index in [9.17, 15) is 9.18 Å². The minimum Gasteiger partial charge on any atom is -0.434 e. The van der Waals surface area contributed by atoms with Gasteiger partial charge < -0.3 is 4.42 Å². The van der Waals surface area contributed by atoms with E-state index in [1.807, 2.05) is 30.3 Å². The SMILES string of the molecule is CC(C)C(=O)Cc1ccc2nc(/C=C/c3ccccc3Br)oc2c1F. The number of ketones is 1. The molecule has 0 saturated heterocycles. The zero-order chi connectivity index (χ0) is 18.0. The highest BCUT2D eigenvalue weighted by Gasteiger charge is 2.17. The lowest BCUT2D eigenvalue weighted by molar-refractivity contribution is -0.121. The Bertz CT molecular complexity index is 959. The summed E-state index contributed by atoms with van der Waals surface area (Å²) in [6, 6.07) is 11.0. The van der Waals surface area contributed by atoms with Crippen molar-refractivity contribution in [3.8, 4) is 0 Å². The number of aromatic nitrogens is 1. The van der Waals surface area contributed by atoms with Crippen LogP contribution < -0.4 is 0 Å². The van der Waals surface area contributed by atoms with Crippen molar-refractivity contribution in [3.63, 3.8) is 0 Å². The van der Waals surface area contributed by atoms with Crippen LogP contribution in [0.25, 0.3) is 23.3 Å². The van der Waals surface area contributed by atoms with E-state index >= 15 is 0 Å². The van der Waals surface area contributed by atoms with Crippen LogP contribution in [0.5, 0.6) is 0 Å². The fraction of sp³-hybridized carbons (Fsp3) is 0.200. The lowest BCUT2D eigenvalue weighted by Crippen LogP contribution is -2.11. The Hall–Kier alpha value is -2.27.